The highest BCUT2D eigenvalue weighted by molar-refractivity contribution is 5.77. The molecule has 0 bridgehead atoms. The van der Waals surface area contributed by atoms with E-state index in [1.807, 2.05) is 0 Å². The molecule has 0 aromatic heterocycles. The van der Waals surface area contributed by atoms with Crippen LogP contribution in [0.25, 0.3) is 0 Å². The summed E-state index contributed by atoms with van der Waals surface area (Å²) in [4.78, 5) is 6.64. The van der Waals surface area contributed by atoms with E-state index in [1.54, 1.807) is 0 Å². The van der Waals surface area contributed by atoms with E-state index in [0.717, 1.165) is 45.8 Å². The summed E-state index contributed by atoms with van der Waals surface area (Å²) in [5.41, 5.74) is 7.02. The van der Waals surface area contributed by atoms with Crippen LogP contribution in [0.2, 0.25) is 0 Å². The van der Waals surface area contributed by atoms with Crippen molar-refractivity contribution in [2.45, 2.75) is 20.3 Å². The molecular weight excluding hydrogens is 228 g/mol. The highest BCUT2D eigenvalue weighted by Gasteiger charge is 2.08. The van der Waals surface area contributed by atoms with E-state index in [4.69, 9.17) is 10.5 Å². The van der Waals surface area contributed by atoms with Crippen LogP contribution < -0.4 is 11.1 Å². The predicted molar refractivity (Wildman–Crippen MR) is 75.8 cm³/mol. The number of nitrogens with one attached hydrogen (secondary N) is 1. The molecule has 0 spiro atoms. The third-order valence-corrected chi connectivity index (χ3v) is 2.82. The van der Waals surface area contributed by atoms with E-state index >= 15 is 0 Å². The average Bonchev–Trinajstić information content (AvgIpc) is 2.35. The van der Waals surface area contributed by atoms with Crippen molar-refractivity contribution in [3.63, 3.8) is 0 Å². The number of guanidine groups is 1. The van der Waals surface area contributed by atoms with Crippen molar-refractivity contribution in [2.24, 2.45) is 10.7 Å². The Hall–Kier alpha value is -1.07. The van der Waals surface area contributed by atoms with Crippen molar-refractivity contribution in [2.75, 3.05) is 45.9 Å². The van der Waals surface area contributed by atoms with Crippen LogP contribution in [-0.2, 0) is 4.74 Å². The van der Waals surface area contributed by atoms with Crippen molar-refractivity contribution < 1.29 is 4.74 Å². The van der Waals surface area contributed by atoms with Crippen LogP contribution in [0.3, 0.4) is 0 Å². The predicted octanol–water partition coefficient (Wildman–Crippen LogP) is 0.579. The van der Waals surface area contributed by atoms with E-state index in [2.05, 4.69) is 35.1 Å². The van der Waals surface area contributed by atoms with Crippen molar-refractivity contribution in [3.05, 3.63) is 11.6 Å². The van der Waals surface area contributed by atoms with Gasteiger partial charge in [-0.3, -0.25) is 4.90 Å². The lowest BCUT2D eigenvalue weighted by atomic mass is 10.3. The smallest absolute Gasteiger partial charge is 0.188 e. The molecule has 1 aliphatic rings. The molecule has 0 atom stereocenters. The molecule has 104 valence electrons. The van der Waals surface area contributed by atoms with Gasteiger partial charge in [-0.05, 0) is 26.8 Å². The van der Waals surface area contributed by atoms with Crippen LogP contribution in [-0.4, -0.2) is 56.8 Å². The fourth-order valence-electron chi connectivity index (χ4n) is 1.73. The summed E-state index contributed by atoms with van der Waals surface area (Å²) in [6.45, 7) is 10.6. The van der Waals surface area contributed by atoms with Crippen LogP contribution in [0, 0.1) is 0 Å². The van der Waals surface area contributed by atoms with Crippen LogP contribution >= 0.6 is 0 Å². The van der Waals surface area contributed by atoms with E-state index in [-0.39, 0.29) is 0 Å². The van der Waals surface area contributed by atoms with E-state index in [0.29, 0.717) is 12.5 Å². The van der Waals surface area contributed by atoms with E-state index < -0.39 is 0 Å². The lowest BCUT2D eigenvalue weighted by Gasteiger charge is -2.26. The topological polar surface area (TPSA) is 62.9 Å². The van der Waals surface area contributed by atoms with Crippen molar-refractivity contribution in [1.82, 2.24) is 10.2 Å². The van der Waals surface area contributed by atoms with Gasteiger partial charge in [-0.25, -0.2) is 4.99 Å². The summed E-state index contributed by atoms with van der Waals surface area (Å²) >= 11 is 0. The average molecular weight is 254 g/mol. The molecular formula is C13H26N4O. The van der Waals surface area contributed by atoms with Gasteiger partial charge in [0.1, 0.15) is 0 Å². The highest BCUT2D eigenvalue weighted by atomic mass is 16.5. The summed E-state index contributed by atoms with van der Waals surface area (Å²) in [5.74, 6) is 0.537. The normalized spacial score (nSPS) is 17.6. The molecule has 1 rings (SSSR count). The molecule has 1 fully saturated rings. The number of morpholine rings is 1. The van der Waals surface area contributed by atoms with Gasteiger partial charge in [0.25, 0.3) is 0 Å². The van der Waals surface area contributed by atoms with Gasteiger partial charge in [-0.15, -0.1) is 0 Å². The number of rotatable bonds is 6. The number of allylic oxidation sites excluding steroid dienone is 1. The summed E-state index contributed by atoms with van der Waals surface area (Å²) in [7, 11) is 0. The molecule has 3 N–H and O–H groups in total. The molecule has 0 radical (unpaired) electrons. The molecule has 0 amide bonds. The fraction of sp³-hybridized carbons (Fsp3) is 0.769. The first-order valence-corrected chi connectivity index (χ1v) is 6.66. The van der Waals surface area contributed by atoms with E-state index in [9.17, 15) is 0 Å². The molecule has 5 heteroatoms. The monoisotopic (exact) mass is 254 g/mol. The summed E-state index contributed by atoms with van der Waals surface area (Å²) in [5, 5.41) is 3.14. The second-order valence-corrected chi connectivity index (χ2v) is 4.74. The lowest BCUT2D eigenvalue weighted by molar-refractivity contribution is 0.0376. The first-order valence-electron chi connectivity index (χ1n) is 6.66. The Morgan fingerprint density at radius 2 is 2.11 bits per heavy atom. The number of ether oxygens (including phenoxy) is 1. The van der Waals surface area contributed by atoms with Crippen LogP contribution in [0.4, 0.5) is 0 Å². The van der Waals surface area contributed by atoms with Gasteiger partial charge >= 0.3 is 0 Å². The van der Waals surface area contributed by atoms with Gasteiger partial charge in [0.2, 0.25) is 0 Å². The Balaban J connectivity index is 2.04. The van der Waals surface area contributed by atoms with Gasteiger partial charge < -0.3 is 15.8 Å². The Morgan fingerprint density at radius 3 is 2.78 bits per heavy atom. The van der Waals surface area contributed by atoms with Gasteiger partial charge in [-0.1, -0.05) is 11.6 Å². The molecule has 0 saturated carbocycles. The molecule has 0 aliphatic carbocycles. The largest absolute Gasteiger partial charge is 0.379 e. The van der Waals surface area contributed by atoms with Crippen molar-refractivity contribution >= 4 is 5.96 Å². The van der Waals surface area contributed by atoms with Crippen LogP contribution in [0.1, 0.15) is 20.3 Å². The first kappa shape index (κ1) is 15.0. The summed E-state index contributed by atoms with van der Waals surface area (Å²) in [6.07, 6.45) is 3.14. The molecule has 18 heavy (non-hydrogen) atoms. The lowest BCUT2D eigenvalue weighted by Crippen LogP contribution is -2.39. The zero-order chi connectivity index (χ0) is 13.2. The number of hydrogen-bond acceptors (Lipinski definition) is 3. The Kier molecular flexibility index (Phi) is 7.44. The second kappa shape index (κ2) is 8.94. The Morgan fingerprint density at radius 1 is 1.39 bits per heavy atom. The van der Waals surface area contributed by atoms with Gasteiger partial charge in [0.05, 0.1) is 19.8 Å². The highest BCUT2D eigenvalue weighted by Crippen LogP contribution is 1.97. The fourth-order valence-corrected chi connectivity index (χ4v) is 1.73. The van der Waals surface area contributed by atoms with Gasteiger partial charge in [0, 0.05) is 19.6 Å². The molecule has 5 nitrogen and oxygen atoms in total. The minimum absolute atomic E-state index is 0.537. The SMILES string of the molecule is CC(C)=CCN=C(N)NCCCN1CCOCC1. The zero-order valence-corrected chi connectivity index (χ0v) is 11.6. The molecule has 0 aromatic carbocycles. The van der Waals surface area contributed by atoms with E-state index in [1.165, 1.54) is 5.57 Å². The summed E-state index contributed by atoms with van der Waals surface area (Å²) in [6, 6.07) is 0. The molecule has 1 heterocycles. The zero-order valence-electron chi connectivity index (χ0n) is 11.6. The molecule has 1 aliphatic heterocycles. The molecule has 0 unspecified atom stereocenters. The minimum Gasteiger partial charge on any atom is -0.379 e. The number of hydrogen-bond donors (Lipinski definition) is 2. The summed E-state index contributed by atoms with van der Waals surface area (Å²) < 4.78 is 5.31. The Labute approximate surface area is 110 Å². The molecule has 0 aromatic rings. The van der Waals surface area contributed by atoms with Gasteiger partial charge in [0.15, 0.2) is 5.96 Å². The number of aliphatic imine (C=N–C) groups is 1. The number of nitrogens with zero attached hydrogens (tertiary/aromatic N) is 2. The van der Waals surface area contributed by atoms with Crippen molar-refractivity contribution in [3.8, 4) is 0 Å². The molecule has 1 saturated heterocycles. The number of nitrogens with two attached hydrogens (primary N) is 1. The first-order chi connectivity index (χ1) is 8.68. The van der Waals surface area contributed by atoms with Crippen LogP contribution in [0.5, 0.6) is 0 Å². The van der Waals surface area contributed by atoms with Crippen molar-refractivity contribution in [1.29, 1.82) is 0 Å². The third-order valence-electron chi connectivity index (χ3n) is 2.82. The quantitative estimate of drug-likeness (QED) is 0.315. The van der Waals surface area contributed by atoms with Gasteiger partial charge in [-0.2, -0.15) is 0 Å². The Bertz CT molecular complexity index is 279. The minimum atomic E-state index is 0.537. The maximum absolute atomic E-state index is 5.76. The van der Waals surface area contributed by atoms with Crippen LogP contribution in [0.15, 0.2) is 16.6 Å². The second-order valence-electron chi connectivity index (χ2n) is 4.74. The standard InChI is InChI=1S/C13H26N4O/c1-12(2)4-6-16-13(14)15-5-3-7-17-8-10-18-11-9-17/h4H,3,5-11H2,1-2H3,(H3,14,15,16). The third kappa shape index (κ3) is 7.29. The maximum Gasteiger partial charge on any atom is 0.188 e. The maximum atomic E-state index is 5.76.